The standard InChI is InChI=1S/C29H41.C13H8I2.C5H5.2ClH.Zr/c1-26(2,3)22-14-18-13-19-15-23(27(4,5)6)25(29(10,11)12)17-21(19)20(18)16-24(22)28(7,8)9;14-12-5-1-10(2-6-12)9-11-3-7-13(15)8-4-11;1-2-4-5-3-1;;;/h13-17H,1-12H3;1-8H;1-3H,4H2;2*1H;/q-1;;-1;;;+2/p-2. The van der Waals surface area contributed by atoms with Gasteiger partial charge in [-0.2, -0.15) is 6.08 Å². The van der Waals surface area contributed by atoms with Crippen molar-refractivity contribution in [3.05, 3.63) is 144 Å². The first-order chi connectivity index (χ1) is 23.1. The molecule has 5 aromatic rings. The van der Waals surface area contributed by atoms with Gasteiger partial charge in [0.05, 0.1) is 0 Å². The average Bonchev–Trinajstić information content (AvgIpc) is 3.71. The zero-order chi connectivity index (χ0) is 37.2. The molecule has 1 aliphatic carbocycles. The summed E-state index contributed by atoms with van der Waals surface area (Å²) in [5.41, 5.74) is 9.07. The quantitative estimate of drug-likeness (QED) is 0.124. The Balaban J connectivity index is 0.000000340. The molecule has 1 aliphatic rings. The summed E-state index contributed by atoms with van der Waals surface area (Å²) < 4.78 is 3.99. The SMILES string of the molecule is CC(C)(C)c1cc2[cH-]c3cc(C(C)(C)C)c(C(C)(C)C)cc3c2cc1C(C)(C)C.[C-]1=CC=CC1.[Cl-].[Cl-].[Zr+2]=[C](c1ccc(I)cc1)c1ccc(I)cc1. The maximum atomic E-state index is 2.99. The minimum absolute atomic E-state index is 0. The second-order valence-electron chi connectivity index (χ2n) is 17.5. The van der Waals surface area contributed by atoms with E-state index in [1.165, 1.54) is 89.5 Å². The Bertz CT molecular complexity index is 1870. The summed E-state index contributed by atoms with van der Waals surface area (Å²) in [4.78, 5) is 0. The van der Waals surface area contributed by atoms with Gasteiger partial charge in [-0.05, 0) is 21.7 Å². The van der Waals surface area contributed by atoms with Crippen molar-refractivity contribution in [3.63, 3.8) is 0 Å². The summed E-state index contributed by atoms with van der Waals surface area (Å²) in [6, 6.07) is 29.7. The summed E-state index contributed by atoms with van der Waals surface area (Å²) in [5.74, 6) is 0. The molecule has 0 atom stereocenters. The van der Waals surface area contributed by atoms with Crippen molar-refractivity contribution in [2.75, 3.05) is 0 Å². The molecule has 0 saturated heterocycles. The van der Waals surface area contributed by atoms with Crippen LogP contribution in [0.25, 0.3) is 21.5 Å². The zero-order valence-corrected chi connectivity index (χ0v) is 41.2. The third-order valence-electron chi connectivity index (χ3n) is 9.06. The van der Waals surface area contributed by atoms with Crippen molar-refractivity contribution in [3.8, 4) is 0 Å². The number of hydrogen-bond donors (Lipinski definition) is 0. The van der Waals surface area contributed by atoms with Crippen LogP contribution in [0.5, 0.6) is 0 Å². The van der Waals surface area contributed by atoms with Gasteiger partial charge in [-0.15, -0.1) is 46.2 Å². The number of fused-ring (bicyclic) bond motifs is 3. The van der Waals surface area contributed by atoms with E-state index in [-0.39, 0.29) is 46.5 Å². The molecular weight excluding hydrogens is 980 g/mol. The normalized spacial score (nSPS) is 12.8. The van der Waals surface area contributed by atoms with E-state index in [1.807, 2.05) is 12.2 Å². The van der Waals surface area contributed by atoms with Gasteiger partial charge in [0.2, 0.25) is 0 Å². The molecule has 0 amide bonds. The molecule has 0 unspecified atom stereocenters. The van der Waals surface area contributed by atoms with Gasteiger partial charge in [0.25, 0.3) is 0 Å². The summed E-state index contributed by atoms with van der Waals surface area (Å²) in [7, 11) is 0. The Hall–Kier alpha value is -0.977. The van der Waals surface area contributed by atoms with Crippen molar-refractivity contribution in [1.29, 1.82) is 0 Å². The van der Waals surface area contributed by atoms with Crippen LogP contribution in [0.15, 0.2) is 97.1 Å². The van der Waals surface area contributed by atoms with E-state index < -0.39 is 0 Å². The van der Waals surface area contributed by atoms with Gasteiger partial charge in [0.1, 0.15) is 0 Å². The van der Waals surface area contributed by atoms with Gasteiger partial charge >= 0.3 is 139 Å². The van der Waals surface area contributed by atoms with Crippen LogP contribution in [-0.4, -0.2) is 3.21 Å². The Morgan fingerprint density at radius 1 is 0.558 bits per heavy atom. The van der Waals surface area contributed by atoms with E-state index in [0.717, 1.165) is 6.42 Å². The number of benzene rings is 4. The van der Waals surface area contributed by atoms with Crippen LogP contribution in [0.4, 0.5) is 0 Å². The van der Waals surface area contributed by atoms with Gasteiger partial charge in [0.15, 0.2) is 0 Å². The van der Waals surface area contributed by atoms with Gasteiger partial charge < -0.3 is 24.8 Å². The second-order valence-corrected chi connectivity index (χ2v) is 21.2. The van der Waals surface area contributed by atoms with Crippen molar-refractivity contribution in [1.82, 2.24) is 0 Å². The molecule has 0 spiro atoms. The summed E-state index contributed by atoms with van der Waals surface area (Å²) >= 11 is 6.13. The Labute approximate surface area is 369 Å². The molecule has 0 fully saturated rings. The third kappa shape index (κ3) is 12.3. The van der Waals surface area contributed by atoms with Crippen LogP contribution in [0.2, 0.25) is 0 Å². The molecule has 5 aromatic carbocycles. The zero-order valence-electron chi connectivity index (χ0n) is 33.0. The van der Waals surface area contributed by atoms with Gasteiger partial charge in [0, 0.05) is 0 Å². The van der Waals surface area contributed by atoms with E-state index in [0.29, 0.717) is 0 Å². The number of allylic oxidation sites excluding steroid dienone is 4. The first-order valence-corrected chi connectivity index (χ1v) is 21.0. The maximum absolute atomic E-state index is 2.99. The molecule has 0 radical (unpaired) electrons. The van der Waals surface area contributed by atoms with Crippen molar-refractivity contribution < 1.29 is 49.0 Å². The Kier molecular flexibility index (Phi) is 17.0. The van der Waals surface area contributed by atoms with Crippen LogP contribution < -0.4 is 24.8 Å². The van der Waals surface area contributed by atoms with Crippen molar-refractivity contribution in [2.45, 2.75) is 111 Å². The molecule has 0 N–H and O–H groups in total. The fourth-order valence-corrected chi connectivity index (χ4v) is 7.87. The number of rotatable bonds is 2. The first-order valence-electron chi connectivity index (χ1n) is 17.6. The first kappa shape index (κ1) is 47.2. The third-order valence-corrected chi connectivity index (χ3v) is 11.9. The summed E-state index contributed by atoms with van der Waals surface area (Å²) in [6.45, 7) is 28.0. The molecule has 0 bridgehead atoms. The van der Waals surface area contributed by atoms with Gasteiger partial charge in [-0.25, -0.2) is 12.2 Å². The van der Waals surface area contributed by atoms with Gasteiger partial charge in [-0.1, -0.05) is 117 Å². The van der Waals surface area contributed by atoms with E-state index >= 15 is 0 Å². The topological polar surface area (TPSA) is 0 Å². The molecule has 0 saturated carbocycles. The summed E-state index contributed by atoms with van der Waals surface area (Å²) in [6.07, 6.45) is 10.0. The van der Waals surface area contributed by atoms with E-state index in [1.54, 1.807) is 0 Å². The molecule has 6 rings (SSSR count). The van der Waals surface area contributed by atoms with Crippen LogP contribution in [0.3, 0.4) is 0 Å². The van der Waals surface area contributed by atoms with Crippen molar-refractivity contribution >= 4 is 69.9 Å². The molecule has 5 heteroatoms. The number of halogens is 4. The van der Waals surface area contributed by atoms with Gasteiger partial charge in [-0.3, -0.25) is 6.08 Å². The van der Waals surface area contributed by atoms with Crippen LogP contribution in [0, 0.1) is 13.2 Å². The van der Waals surface area contributed by atoms with E-state index in [2.05, 4.69) is 219 Å². The molecule has 0 aliphatic heterocycles. The fourth-order valence-electron chi connectivity index (χ4n) is 6.33. The Morgan fingerprint density at radius 3 is 1.13 bits per heavy atom. The van der Waals surface area contributed by atoms with E-state index in [4.69, 9.17) is 0 Å². The fraction of sp³-hybridized carbons (Fsp3) is 0.362. The summed E-state index contributed by atoms with van der Waals surface area (Å²) in [5, 5.41) is 5.57. The molecular formula is C47H54Cl2I2Zr-2. The van der Waals surface area contributed by atoms with Crippen LogP contribution in [0.1, 0.15) is 123 Å². The molecule has 0 aromatic heterocycles. The monoisotopic (exact) mass is 1030 g/mol. The van der Waals surface area contributed by atoms with Crippen LogP contribution in [-0.2, 0) is 45.9 Å². The molecule has 52 heavy (non-hydrogen) atoms. The predicted octanol–water partition coefficient (Wildman–Crippen LogP) is 8.23. The molecule has 0 heterocycles. The molecule has 0 nitrogen and oxygen atoms in total. The minimum atomic E-state index is 0. The number of hydrogen-bond acceptors (Lipinski definition) is 0. The van der Waals surface area contributed by atoms with Crippen LogP contribution >= 0.6 is 45.2 Å². The Morgan fingerprint density at radius 2 is 0.885 bits per heavy atom. The van der Waals surface area contributed by atoms with E-state index in [9.17, 15) is 0 Å². The average molecular weight is 1030 g/mol. The van der Waals surface area contributed by atoms with Crippen molar-refractivity contribution in [2.24, 2.45) is 0 Å². The second kappa shape index (κ2) is 18.8. The molecule has 276 valence electrons. The predicted molar refractivity (Wildman–Crippen MR) is 235 cm³/mol.